The van der Waals surface area contributed by atoms with Gasteiger partial charge in [0.15, 0.2) is 0 Å². The minimum absolute atomic E-state index is 0.307. The van der Waals surface area contributed by atoms with Gasteiger partial charge in [-0.1, -0.05) is 61.4 Å². The van der Waals surface area contributed by atoms with E-state index in [1.807, 2.05) is 0 Å². The summed E-state index contributed by atoms with van der Waals surface area (Å²) >= 11 is 3.47. The monoisotopic (exact) mass is 317 g/mol. The number of hydrogen-bond acceptors (Lipinski definition) is 1. The van der Waals surface area contributed by atoms with Crippen LogP contribution in [0.1, 0.15) is 64.7 Å². The highest BCUT2D eigenvalue weighted by atomic mass is 79.9. The first-order valence-electron chi connectivity index (χ1n) is 7.64. The summed E-state index contributed by atoms with van der Waals surface area (Å²) in [6, 6.07) is 0. The smallest absolute Gasteiger partial charge is 0.225 e. The highest BCUT2D eigenvalue weighted by Crippen LogP contribution is 2.24. The Morgan fingerprint density at radius 1 is 1.11 bits per heavy atom. The molecule has 3 heteroatoms. The molecule has 106 valence electrons. The third-order valence-corrected chi connectivity index (χ3v) is 4.26. The van der Waals surface area contributed by atoms with E-state index in [0.717, 1.165) is 44.1 Å². The summed E-state index contributed by atoms with van der Waals surface area (Å²) in [4.78, 5) is 14.7. The zero-order chi connectivity index (χ0) is 13.2. The van der Waals surface area contributed by atoms with Gasteiger partial charge in [-0.3, -0.25) is 4.79 Å². The molecule has 1 amide bonds. The lowest BCUT2D eigenvalue weighted by Crippen LogP contribution is -2.38. The molecule has 0 bridgehead atoms. The second kappa shape index (κ2) is 9.82. The molecule has 2 nitrogen and oxygen atoms in total. The lowest BCUT2D eigenvalue weighted by Gasteiger charge is -2.28. The third kappa shape index (κ3) is 5.73. The summed E-state index contributed by atoms with van der Waals surface area (Å²) < 4.78 is 0. The first kappa shape index (κ1) is 16.0. The Hall–Kier alpha value is -0.0500. The Labute approximate surface area is 121 Å². The van der Waals surface area contributed by atoms with Crippen molar-refractivity contribution in [3.05, 3.63) is 0 Å². The van der Waals surface area contributed by atoms with Crippen molar-refractivity contribution in [1.82, 2.24) is 4.90 Å². The lowest BCUT2D eigenvalue weighted by molar-refractivity contribution is -0.136. The molecule has 1 fully saturated rings. The molecule has 0 unspecified atom stereocenters. The van der Waals surface area contributed by atoms with E-state index < -0.39 is 0 Å². The molecule has 0 spiro atoms. The van der Waals surface area contributed by atoms with Gasteiger partial charge in [0, 0.05) is 24.3 Å². The van der Waals surface area contributed by atoms with Crippen molar-refractivity contribution in [3.8, 4) is 0 Å². The number of alkyl halides is 1. The third-order valence-electron chi connectivity index (χ3n) is 3.90. The van der Waals surface area contributed by atoms with E-state index in [4.69, 9.17) is 0 Å². The van der Waals surface area contributed by atoms with Crippen LogP contribution in [0.4, 0.5) is 0 Å². The molecule has 0 radical (unpaired) electrons. The number of nitrogens with zero attached hydrogens (tertiary/aromatic N) is 1. The minimum atomic E-state index is 0.307. The second-order valence-electron chi connectivity index (χ2n) is 5.41. The minimum Gasteiger partial charge on any atom is -0.342 e. The maximum Gasteiger partial charge on any atom is 0.225 e. The summed E-state index contributed by atoms with van der Waals surface area (Å²) in [6.45, 7) is 4.00. The molecule has 0 aromatic carbocycles. The van der Waals surface area contributed by atoms with Gasteiger partial charge in [0.25, 0.3) is 0 Å². The van der Waals surface area contributed by atoms with Crippen LogP contribution in [0, 0.1) is 5.92 Å². The van der Waals surface area contributed by atoms with E-state index >= 15 is 0 Å². The van der Waals surface area contributed by atoms with Crippen LogP contribution >= 0.6 is 15.9 Å². The van der Waals surface area contributed by atoms with Gasteiger partial charge >= 0.3 is 0 Å². The van der Waals surface area contributed by atoms with Crippen LogP contribution in [0.5, 0.6) is 0 Å². The van der Waals surface area contributed by atoms with Crippen molar-refractivity contribution >= 4 is 21.8 Å². The Balaban J connectivity index is 2.49. The fraction of sp³-hybridized carbons (Fsp3) is 0.933. The number of halogens is 1. The maximum atomic E-state index is 12.6. The van der Waals surface area contributed by atoms with Gasteiger partial charge < -0.3 is 4.90 Å². The van der Waals surface area contributed by atoms with Gasteiger partial charge in [-0.05, 0) is 19.3 Å². The second-order valence-corrected chi connectivity index (χ2v) is 6.20. The molecule has 1 aliphatic rings. The quantitative estimate of drug-likeness (QED) is 0.666. The molecule has 1 saturated carbocycles. The molecular weight excluding hydrogens is 290 g/mol. The van der Waals surface area contributed by atoms with E-state index in [9.17, 15) is 4.79 Å². The number of rotatable bonds is 6. The Kier molecular flexibility index (Phi) is 8.74. The highest BCUT2D eigenvalue weighted by molar-refractivity contribution is 9.09. The van der Waals surface area contributed by atoms with Crippen molar-refractivity contribution in [2.24, 2.45) is 5.92 Å². The molecular formula is C15H28BrNO. The van der Waals surface area contributed by atoms with Crippen LogP contribution in [-0.2, 0) is 4.79 Å². The standard InChI is InChI=1S/C15H28BrNO/c1-2-3-12-17(13-11-16)15(18)14-9-7-5-4-6-8-10-14/h14H,2-13H2,1H3. The van der Waals surface area contributed by atoms with Gasteiger partial charge in [-0.25, -0.2) is 0 Å². The Morgan fingerprint density at radius 2 is 1.72 bits per heavy atom. The van der Waals surface area contributed by atoms with Gasteiger partial charge in [0.2, 0.25) is 5.91 Å². The van der Waals surface area contributed by atoms with E-state index in [1.54, 1.807) is 0 Å². The number of carbonyl (C=O) groups is 1. The van der Waals surface area contributed by atoms with E-state index in [0.29, 0.717) is 11.8 Å². The van der Waals surface area contributed by atoms with E-state index in [2.05, 4.69) is 27.8 Å². The van der Waals surface area contributed by atoms with Crippen molar-refractivity contribution in [3.63, 3.8) is 0 Å². The Morgan fingerprint density at radius 3 is 2.28 bits per heavy atom. The molecule has 1 rings (SSSR count). The van der Waals surface area contributed by atoms with E-state index in [-0.39, 0.29) is 0 Å². The topological polar surface area (TPSA) is 20.3 Å². The molecule has 0 atom stereocenters. The number of unbranched alkanes of at least 4 members (excludes halogenated alkanes) is 1. The molecule has 0 saturated heterocycles. The molecule has 18 heavy (non-hydrogen) atoms. The summed E-state index contributed by atoms with van der Waals surface area (Å²) in [5.74, 6) is 0.728. The summed E-state index contributed by atoms with van der Waals surface area (Å²) in [5.41, 5.74) is 0. The van der Waals surface area contributed by atoms with Crippen molar-refractivity contribution < 1.29 is 4.79 Å². The Bertz CT molecular complexity index is 218. The zero-order valence-electron chi connectivity index (χ0n) is 11.8. The number of amides is 1. The van der Waals surface area contributed by atoms with Gasteiger partial charge in [0.1, 0.15) is 0 Å². The lowest BCUT2D eigenvalue weighted by atomic mass is 9.90. The van der Waals surface area contributed by atoms with E-state index in [1.165, 1.54) is 32.1 Å². The fourth-order valence-electron chi connectivity index (χ4n) is 2.74. The van der Waals surface area contributed by atoms with Crippen LogP contribution in [0.3, 0.4) is 0 Å². The average Bonchev–Trinajstić information content (AvgIpc) is 2.33. The fourth-order valence-corrected chi connectivity index (χ4v) is 3.17. The predicted molar refractivity (Wildman–Crippen MR) is 81.1 cm³/mol. The van der Waals surface area contributed by atoms with Gasteiger partial charge in [-0.2, -0.15) is 0 Å². The SMILES string of the molecule is CCCCN(CCBr)C(=O)C1CCCCCCC1. The van der Waals surface area contributed by atoms with Crippen molar-refractivity contribution in [2.75, 3.05) is 18.4 Å². The maximum absolute atomic E-state index is 12.6. The zero-order valence-corrected chi connectivity index (χ0v) is 13.4. The summed E-state index contributed by atoms with van der Waals surface area (Å²) in [5, 5.41) is 0.898. The van der Waals surface area contributed by atoms with Crippen LogP contribution in [0.2, 0.25) is 0 Å². The first-order valence-corrected chi connectivity index (χ1v) is 8.76. The molecule has 0 aliphatic heterocycles. The van der Waals surface area contributed by atoms with Crippen molar-refractivity contribution in [1.29, 1.82) is 0 Å². The van der Waals surface area contributed by atoms with Crippen LogP contribution in [0.15, 0.2) is 0 Å². The van der Waals surface area contributed by atoms with Crippen molar-refractivity contribution in [2.45, 2.75) is 64.7 Å². The number of carbonyl (C=O) groups excluding carboxylic acids is 1. The summed E-state index contributed by atoms with van der Waals surface area (Å²) in [7, 11) is 0. The molecule has 0 heterocycles. The normalized spacial score (nSPS) is 18.1. The number of hydrogen-bond donors (Lipinski definition) is 0. The first-order chi connectivity index (χ1) is 8.79. The van der Waals surface area contributed by atoms with Gasteiger partial charge in [-0.15, -0.1) is 0 Å². The molecule has 0 aromatic rings. The predicted octanol–water partition coefficient (Wildman–Crippen LogP) is 4.37. The molecule has 1 aliphatic carbocycles. The largest absolute Gasteiger partial charge is 0.342 e. The molecule has 0 N–H and O–H groups in total. The molecule has 0 aromatic heterocycles. The van der Waals surface area contributed by atoms with Gasteiger partial charge in [0.05, 0.1) is 0 Å². The van der Waals surface area contributed by atoms with Crippen LogP contribution < -0.4 is 0 Å². The van der Waals surface area contributed by atoms with Crippen LogP contribution in [-0.4, -0.2) is 29.2 Å². The summed E-state index contributed by atoms with van der Waals surface area (Å²) in [6.07, 6.45) is 11.0. The average molecular weight is 318 g/mol. The van der Waals surface area contributed by atoms with Crippen LogP contribution in [0.25, 0.3) is 0 Å². The highest BCUT2D eigenvalue weighted by Gasteiger charge is 2.23.